The van der Waals surface area contributed by atoms with Gasteiger partial charge < -0.3 is 4.90 Å². The maximum Gasteiger partial charge on any atom is 0.262 e. The number of benzene rings is 2. The molecule has 1 aliphatic rings. The Morgan fingerprint density at radius 2 is 1.74 bits per heavy atom. The van der Waals surface area contributed by atoms with Crippen LogP contribution in [0.2, 0.25) is 0 Å². The molecular formula is C24H26FN3O2S. The van der Waals surface area contributed by atoms with Gasteiger partial charge in [0.05, 0.1) is 16.7 Å². The molecule has 0 saturated carbocycles. The molecule has 0 spiro atoms. The number of piperidine rings is 1. The molecular weight excluding hydrogens is 413 g/mol. The molecule has 1 fully saturated rings. The summed E-state index contributed by atoms with van der Waals surface area (Å²) in [5.74, 6) is -0.349. The van der Waals surface area contributed by atoms with E-state index >= 15 is 0 Å². The number of para-hydroxylation sites is 1. The van der Waals surface area contributed by atoms with Crippen LogP contribution in [-0.2, 0) is 6.54 Å². The standard InChI is InChI=1S/C24H26FN3O2S/c25-19-11-9-18(10-12-19)22(29)17-31-24-26-21-8-3-2-7-20(21)23(30)28(24)16-6-15-27-13-4-1-5-14-27/h2-3,7-12H,1,4-6,13-17H2. The Bertz CT molecular complexity index is 1110. The summed E-state index contributed by atoms with van der Waals surface area (Å²) in [7, 11) is 0. The molecule has 0 amide bonds. The van der Waals surface area contributed by atoms with E-state index in [9.17, 15) is 14.0 Å². The molecule has 2 heterocycles. The number of ketones is 1. The lowest BCUT2D eigenvalue weighted by Gasteiger charge is -2.26. The third-order valence-electron chi connectivity index (χ3n) is 5.63. The van der Waals surface area contributed by atoms with Crippen molar-refractivity contribution in [3.8, 4) is 0 Å². The molecule has 2 aromatic carbocycles. The van der Waals surface area contributed by atoms with Gasteiger partial charge in [-0.15, -0.1) is 0 Å². The third-order valence-corrected chi connectivity index (χ3v) is 6.61. The number of carbonyl (C=O) groups is 1. The normalized spacial score (nSPS) is 14.7. The van der Waals surface area contributed by atoms with Crippen LogP contribution in [0.1, 0.15) is 36.0 Å². The first-order valence-corrected chi connectivity index (χ1v) is 11.7. The molecule has 4 rings (SSSR count). The second kappa shape index (κ2) is 10.2. The summed E-state index contributed by atoms with van der Waals surface area (Å²) in [5.41, 5.74) is 1.02. The van der Waals surface area contributed by atoms with Gasteiger partial charge in [0.15, 0.2) is 10.9 Å². The number of Topliss-reactive ketones (excluding diaryl/α,β-unsaturated/α-hetero) is 1. The summed E-state index contributed by atoms with van der Waals surface area (Å²) in [6.07, 6.45) is 4.64. The van der Waals surface area contributed by atoms with Crippen molar-refractivity contribution < 1.29 is 9.18 Å². The van der Waals surface area contributed by atoms with E-state index in [0.717, 1.165) is 26.1 Å². The highest BCUT2D eigenvalue weighted by Gasteiger charge is 2.15. The Hall–Kier alpha value is -2.51. The molecule has 5 nitrogen and oxygen atoms in total. The largest absolute Gasteiger partial charge is 0.303 e. The lowest BCUT2D eigenvalue weighted by atomic mass is 10.1. The number of nitrogens with zero attached hydrogens (tertiary/aromatic N) is 3. The van der Waals surface area contributed by atoms with Gasteiger partial charge in [-0.1, -0.05) is 30.3 Å². The smallest absolute Gasteiger partial charge is 0.262 e. The average Bonchev–Trinajstić information content (AvgIpc) is 2.80. The van der Waals surface area contributed by atoms with Crippen LogP contribution >= 0.6 is 11.8 Å². The van der Waals surface area contributed by atoms with Crippen molar-refractivity contribution in [2.45, 2.75) is 37.4 Å². The van der Waals surface area contributed by atoms with Crippen molar-refractivity contribution in [2.75, 3.05) is 25.4 Å². The molecule has 1 aromatic heterocycles. The van der Waals surface area contributed by atoms with Crippen LogP contribution in [0.3, 0.4) is 0 Å². The van der Waals surface area contributed by atoms with Gasteiger partial charge in [-0.05, 0) is 75.3 Å². The van der Waals surface area contributed by atoms with E-state index in [-0.39, 0.29) is 22.9 Å². The fourth-order valence-corrected chi connectivity index (χ4v) is 4.86. The minimum absolute atomic E-state index is 0.0685. The molecule has 31 heavy (non-hydrogen) atoms. The van der Waals surface area contributed by atoms with Crippen LogP contribution in [0, 0.1) is 5.82 Å². The monoisotopic (exact) mass is 439 g/mol. The van der Waals surface area contributed by atoms with E-state index in [2.05, 4.69) is 9.88 Å². The first-order valence-electron chi connectivity index (χ1n) is 10.8. The number of fused-ring (bicyclic) bond motifs is 1. The number of hydrogen-bond donors (Lipinski definition) is 0. The van der Waals surface area contributed by atoms with E-state index in [0.29, 0.717) is 28.2 Å². The van der Waals surface area contributed by atoms with Crippen molar-refractivity contribution >= 4 is 28.4 Å². The van der Waals surface area contributed by atoms with E-state index in [1.165, 1.54) is 55.3 Å². The SMILES string of the molecule is O=C(CSc1nc2ccccc2c(=O)n1CCCN1CCCCC1)c1ccc(F)cc1. The Labute approximate surface area is 185 Å². The topological polar surface area (TPSA) is 55.2 Å². The maximum atomic E-state index is 13.2. The van der Waals surface area contributed by atoms with Crippen molar-refractivity contribution in [1.82, 2.24) is 14.5 Å². The zero-order valence-electron chi connectivity index (χ0n) is 17.4. The Morgan fingerprint density at radius 3 is 2.52 bits per heavy atom. The minimum Gasteiger partial charge on any atom is -0.303 e. The van der Waals surface area contributed by atoms with Crippen LogP contribution in [0.15, 0.2) is 58.5 Å². The Morgan fingerprint density at radius 1 is 1.00 bits per heavy atom. The zero-order valence-corrected chi connectivity index (χ0v) is 18.2. The van der Waals surface area contributed by atoms with Crippen molar-refractivity contribution in [3.63, 3.8) is 0 Å². The summed E-state index contributed by atoms with van der Waals surface area (Å²) in [6.45, 7) is 3.77. The Balaban J connectivity index is 1.52. The molecule has 1 saturated heterocycles. The number of likely N-dealkylation sites (tertiary alicyclic amines) is 1. The molecule has 0 aliphatic carbocycles. The fraction of sp³-hybridized carbons (Fsp3) is 0.375. The number of thioether (sulfide) groups is 1. The van der Waals surface area contributed by atoms with E-state index in [1.54, 1.807) is 10.6 Å². The quantitative estimate of drug-likeness (QED) is 0.296. The van der Waals surface area contributed by atoms with Crippen LogP contribution in [0.25, 0.3) is 10.9 Å². The zero-order chi connectivity index (χ0) is 21.6. The number of carbonyl (C=O) groups excluding carboxylic acids is 1. The summed E-state index contributed by atoms with van der Waals surface area (Å²) in [6, 6.07) is 12.8. The summed E-state index contributed by atoms with van der Waals surface area (Å²) in [4.78, 5) is 32.8. The summed E-state index contributed by atoms with van der Waals surface area (Å²) >= 11 is 1.26. The number of rotatable bonds is 8. The van der Waals surface area contributed by atoms with E-state index in [1.807, 2.05) is 18.2 Å². The first kappa shape index (κ1) is 21.7. The third kappa shape index (κ3) is 5.40. The van der Waals surface area contributed by atoms with Gasteiger partial charge in [0.25, 0.3) is 5.56 Å². The number of halogens is 1. The molecule has 0 atom stereocenters. The summed E-state index contributed by atoms with van der Waals surface area (Å²) < 4.78 is 14.8. The molecule has 0 unspecified atom stereocenters. The van der Waals surface area contributed by atoms with E-state index < -0.39 is 0 Å². The van der Waals surface area contributed by atoms with Crippen LogP contribution in [-0.4, -0.2) is 45.6 Å². The lowest BCUT2D eigenvalue weighted by molar-refractivity contribution is 0.102. The second-order valence-electron chi connectivity index (χ2n) is 7.84. The highest BCUT2D eigenvalue weighted by atomic mass is 32.2. The molecule has 3 aromatic rings. The van der Waals surface area contributed by atoms with Gasteiger partial charge in [-0.2, -0.15) is 0 Å². The van der Waals surface area contributed by atoms with Crippen molar-refractivity contribution in [3.05, 3.63) is 70.3 Å². The molecule has 162 valence electrons. The lowest BCUT2D eigenvalue weighted by Crippen LogP contribution is -2.32. The highest BCUT2D eigenvalue weighted by Crippen LogP contribution is 2.20. The van der Waals surface area contributed by atoms with Gasteiger partial charge in [0, 0.05) is 12.1 Å². The average molecular weight is 440 g/mol. The van der Waals surface area contributed by atoms with Gasteiger partial charge in [0.1, 0.15) is 5.82 Å². The molecule has 0 bridgehead atoms. The molecule has 7 heteroatoms. The number of aromatic nitrogens is 2. The second-order valence-corrected chi connectivity index (χ2v) is 8.79. The molecule has 0 N–H and O–H groups in total. The van der Waals surface area contributed by atoms with E-state index in [4.69, 9.17) is 0 Å². The maximum absolute atomic E-state index is 13.2. The molecule has 1 aliphatic heterocycles. The van der Waals surface area contributed by atoms with Gasteiger partial charge in [0.2, 0.25) is 0 Å². The number of hydrogen-bond acceptors (Lipinski definition) is 5. The van der Waals surface area contributed by atoms with Crippen molar-refractivity contribution in [2.24, 2.45) is 0 Å². The van der Waals surface area contributed by atoms with Gasteiger partial charge >= 0.3 is 0 Å². The van der Waals surface area contributed by atoms with Gasteiger partial charge in [-0.25, -0.2) is 9.37 Å². The van der Waals surface area contributed by atoms with Crippen molar-refractivity contribution in [1.29, 1.82) is 0 Å². The first-order chi connectivity index (χ1) is 15.1. The highest BCUT2D eigenvalue weighted by molar-refractivity contribution is 7.99. The Kier molecular flexibility index (Phi) is 7.14. The van der Waals surface area contributed by atoms with Crippen LogP contribution in [0.5, 0.6) is 0 Å². The molecule has 0 radical (unpaired) electrons. The fourth-order valence-electron chi connectivity index (χ4n) is 3.94. The summed E-state index contributed by atoms with van der Waals surface area (Å²) in [5, 5.41) is 1.15. The van der Waals surface area contributed by atoms with Gasteiger partial charge in [-0.3, -0.25) is 14.2 Å². The van der Waals surface area contributed by atoms with Crippen LogP contribution < -0.4 is 5.56 Å². The predicted octanol–water partition coefficient (Wildman–Crippen LogP) is 4.39. The predicted molar refractivity (Wildman–Crippen MR) is 122 cm³/mol. The van der Waals surface area contributed by atoms with Crippen LogP contribution in [0.4, 0.5) is 4.39 Å². The minimum atomic E-state index is -0.372.